The molecule has 2 heterocycles. The van der Waals surface area contributed by atoms with Gasteiger partial charge in [-0.25, -0.2) is 0 Å². The largest absolute Gasteiger partial charge is 0.489 e. The van der Waals surface area contributed by atoms with Crippen molar-refractivity contribution in [3.63, 3.8) is 0 Å². The Morgan fingerprint density at radius 3 is 2.56 bits per heavy atom. The summed E-state index contributed by atoms with van der Waals surface area (Å²) in [5, 5.41) is 12.1. The molecular formula is C24H23ClN4O3. The third-order valence-corrected chi connectivity index (χ3v) is 5.59. The van der Waals surface area contributed by atoms with Crippen LogP contribution in [0.5, 0.6) is 5.75 Å². The van der Waals surface area contributed by atoms with Gasteiger partial charge in [-0.2, -0.15) is 5.10 Å². The molecule has 1 N–H and O–H groups in total. The van der Waals surface area contributed by atoms with E-state index in [2.05, 4.69) is 15.6 Å². The lowest BCUT2D eigenvalue weighted by molar-refractivity contribution is 0.101. The number of halogens is 1. The Labute approximate surface area is 190 Å². The van der Waals surface area contributed by atoms with Crippen molar-refractivity contribution in [1.82, 2.24) is 14.9 Å². The van der Waals surface area contributed by atoms with Gasteiger partial charge >= 0.3 is 0 Å². The summed E-state index contributed by atoms with van der Waals surface area (Å²) >= 11 is 6.29. The van der Waals surface area contributed by atoms with Crippen LogP contribution in [-0.4, -0.2) is 20.8 Å². The van der Waals surface area contributed by atoms with Crippen LogP contribution in [0.25, 0.3) is 0 Å². The Bertz CT molecular complexity index is 1250. The second-order valence-electron chi connectivity index (χ2n) is 7.42. The van der Waals surface area contributed by atoms with Gasteiger partial charge in [0.2, 0.25) is 0 Å². The van der Waals surface area contributed by atoms with Gasteiger partial charge in [-0.1, -0.05) is 53.2 Å². The number of carbonyl (C=O) groups excluding carboxylic acids is 1. The number of anilines is 1. The average Bonchev–Trinajstić information content (AvgIpc) is 3.28. The maximum absolute atomic E-state index is 13.0. The number of nitrogens with one attached hydrogen (secondary N) is 1. The first kappa shape index (κ1) is 21.6. The molecular weight excluding hydrogens is 428 g/mol. The van der Waals surface area contributed by atoms with Gasteiger partial charge in [0, 0.05) is 5.02 Å². The molecule has 0 spiro atoms. The number of hydrogen-bond donors (Lipinski definition) is 1. The van der Waals surface area contributed by atoms with Crippen molar-refractivity contribution in [1.29, 1.82) is 0 Å². The molecule has 0 unspecified atom stereocenters. The fraction of sp³-hybridized carbons (Fsp3) is 0.208. The second-order valence-corrected chi connectivity index (χ2v) is 7.82. The van der Waals surface area contributed by atoms with E-state index < -0.39 is 0 Å². The number of rotatable bonds is 7. The van der Waals surface area contributed by atoms with Crippen molar-refractivity contribution in [3.05, 3.63) is 93.6 Å². The summed E-state index contributed by atoms with van der Waals surface area (Å²) in [6.45, 7) is 6.18. The highest BCUT2D eigenvalue weighted by atomic mass is 35.5. The fourth-order valence-corrected chi connectivity index (χ4v) is 3.60. The minimum atomic E-state index is -0.378. The molecule has 0 saturated heterocycles. The fourth-order valence-electron chi connectivity index (χ4n) is 3.40. The third-order valence-electron chi connectivity index (χ3n) is 5.22. The Balaban J connectivity index is 1.52. The van der Waals surface area contributed by atoms with Crippen molar-refractivity contribution in [2.24, 2.45) is 0 Å². The minimum Gasteiger partial charge on any atom is -0.489 e. The zero-order valence-corrected chi connectivity index (χ0v) is 18.8. The van der Waals surface area contributed by atoms with Crippen LogP contribution >= 0.6 is 11.6 Å². The van der Waals surface area contributed by atoms with Crippen molar-refractivity contribution < 1.29 is 14.1 Å². The predicted octanol–water partition coefficient (Wildman–Crippen LogP) is 5.33. The number of benzene rings is 2. The van der Waals surface area contributed by atoms with Crippen molar-refractivity contribution in [3.8, 4) is 5.75 Å². The van der Waals surface area contributed by atoms with Gasteiger partial charge in [-0.05, 0) is 44.5 Å². The van der Waals surface area contributed by atoms with Crippen LogP contribution in [0.4, 0.5) is 5.69 Å². The van der Waals surface area contributed by atoms with Gasteiger partial charge in [-0.15, -0.1) is 0 Å². The maximum Gasteiger partial charge on any atom is 0.278 e. The zero-order chi connectivity index (χ0) is 22.7. The van der Waals surface area contributed by atoms with Crippen LogP contribution in [-0.2, 0) is 13.2 Å². The van der Waals surface area contributed by atoms with Crippen molar-refractivity contribution >= 4 is 23.2 Å². The number of ether oxygens (including phenoxy) is 1. The van der Waals surface area contributed by atoms with E-state index in [1.165, 1.54) is 0 Å². The quantitative estimate of drug-likeness (QED) is 0.411. The van der Waals surface area contributed by atoms with Crippen LogP contribution in [0, 0.1) is 20.8 Å². The van der Waals surface area contributed by atoms with Crippen molar-refractivity contribution in [2.45, 2.75) is 33.9 Å². The number of para-hydroxylation sites is 1. The Morgan fingerprint density at radius 2 is 1.81 bits per heavy atom. The van der Waals surface area contributed by atoms with Crippen LogP contribution in [0.3, 0.4) is 0 Å². The number of carbonyl (C=O) groups is 1. The molecule has 2 aromatic heterocycles. The first-order valence-corrected chi connectivity index (χ1v) is 10.5. The molecule has 0 aliphatic heterocycles. The van der Waals surface area contributed by atoms with Gasteiger partial charge in [0.15, 0.2) is 5.69 Å². The summed E-state index contributed by atoms with van der Waals surface area (Å²) in [5.41, 5.74) is 3.90. The SMILES string of the molecule is Cc1nn(Cc2ccccc2Cl)c(C)c1NC(=O)c1noc(C)c1COc1ccccc1. The van der Waals surface area contributed by atoms with Crippen LogP contribution in [0.15, 0.2) is 59.1 Å². The number of nitrogens with zero attached hydrogens (tertiary/aromatic N) is 3. The molecule has 0 atom stereocenters. The number of aryl methyl sites for hydroxylation is 2. The Kier molecular flexibility index (Phi) is 6.28. The molecule has 0 radical (unpaired) electrons. The van der Waals surface area contributed by atoms with Gasteiger partial charge in [-0.3, -0.25) is 9.48 Å². The van der Waals surface area contributed by atoms with Gasteiger partial charge in [0.05, 0.1) is 29.2 Å². The highest BCUT2D eigenvalue weighted by molar-refractivity contribution is 6.31. The average molecular weight is 451 g/mol. The lowest BCUT2D eigenvalue weighted by Gasteiger charge is -2.09. The van der Waals surface area contributed by atoms with Gasteiger partial charge in [0.1, 0.15) is 18.1 Å². The molecule has 1 amide bonds. The van der Waals surface area contributed by atoms with Gasteiger partial charge < -0.3 is 14.6 Å². The molecule has 0 saturated carbocycles. The standard InChI is InChI=1S/C24H23ClN4O3/c1-15-22(16(2)29(27-15)13-18-9-7-8-12-21(18)25)26-24(30)23-20(17(3)32-28-23)14-31-19-10-5-4-6-11-19/h4-12H,13-14H2,1-3H3,(H,26,30). The normalized spacial score (nSPS) is 10.9. The lowest BCUT2D eigenvalue weighted by atomic mass is 10.2. The Hall–Kier alpha value is -3.58. The van der Waals surface area contributed by atoms with Crippen LogP contribution < -0.4 is 10.1 Å². The molecule has 8 heteroatoms. The number of aromatic nitrogens is 3. The van der Waals surface area contributed by atoms with Crippen LogP contribution in [0.2, 0.25) is 5.02 Å². The topological polar surface area (TPSA) is 82.2 Å². The predicted molar refractivity (Wildman–Crippen MR) is 122 cm³/mol. The van der Waals surface area contributed by atoms with Gasteiger partial charge in [0.25, 0.3) is 5.91 Å². The van der Waals surface area contributed by atoms with Crippen molar-refractivity contribution in [2.75, 3.05) is 5.32 Å². The molecule has 164 valence electrons. The molecule has 0 aliphatic rings. The summed E-state index contributed by atoms with van der Waals surface area (Å²) < 4.78 is 12.9. The first-order chi connectivity index (χ1) is 15.4. The second kappa shape index (κ2) is 9.28. The highest BCUT2D eigenvalue weighted by Gasteiger charge is 2.23. The van der Waals surface area contributed by atoms with E-state index in [9.17, 15) is 4.79 Å². The molecule has 32 heavy (non-hydrogen) atoms. The van der Waals surface area contributed by atoms with E-state index in [4.69, 9.17) is 20.9 Å². The molecule has 0 aliphatic carbocycles. The lowest BCUT2D eigenvalue weighted by Crippen LogP contribution is -2.16. The van der Waals surface area contributed by atoms with E-state index in [1.807, 2.05) is 73.1 Å². The van der Waals surface area contributed by atoms with Crippen LogP contribution in [0.1, 0.15) is 38.8 Å². The van der Waals surface area contributed by atoms with E-state index in [-0.39, 0.29) is 18.2 Å². The summed E-state index contributed by atoms with van der Waals surface area (Å²) in [7, 11) is 0. The highest BCUT2D eigenvalue weighted by Crippen LogP contribution is 2.24. The Morgan fingerprint density at radius 1 is 1.09 bits per heavy atom. The number of amides is 1. The molecule has 4 aromatic rings. The summed E-state index contributed by atoms with van der Waals surface area (Å²) in [6.07, 6.45) is 0. The summed E-state index contributed by atoms with van der Waals surface area (Å²) in [4.78, 5) is 13.0. The summed E-state index contributed by atoms with van der Waals surface area (Å²) in [5.74, 6) is 0.859. The smallest absolute Gasteiger partial charge is 0.278 e. The first-order valence-electron chi connectivity index (χ1n) is 10.2. The third kappa shape index (κ3) is 4.53. The van der Waals surface area contributed by atoms with E-state index in [1.54, 1.807) is 6.92 Å². The minimum absolute atomic E-state index is 0.172. The van der Waals surface area contributed by atoms with E-state index in [0.29, 0.717) is 40.0 Å². The molecule has 0 bridgehead atoms. The zero-order valence-electron chi connectivity index (χ0n) is 18.1. The summed E-state index contributed by atoms with van der Waals surface area (Å²) in [6, 6.07) is 17.0. The number of hydrogen-bond acceptors (Lipinski definition) is 5. The van der Waals surface area contributed by atoms with E-state index in [0.717, 1.165) is 11.3 Å². The molecule has 2 aromatic carbocycles. The van der Waals surface area contributed by atoms with E-state index >= 15 is 0 Å². The molecule has 0 fully saturated rings. The maximum atomic E-state index is 13.0. The monoisotopic (exact) mass is 450 g/mol. The molecule has 7 nitrogen and oxygen atoms in total. The molecule has 4 rings (SSSR count).